The second-order valence-electron chi connectivity index (χ2n) is 14.1. The smallest absolute Gasteiger partial charge is 0.160 e. The number of nitrogens with zero attached hydrogens (tertiary/aromatic N) is 2. The van der Waals surface area contributed by atoms with Gasteiger partial charge >= 0.3 is 0 Å². The average molecular weight is 685 g/mol. The van der Waals surface area contributed by atoms with Gasteiger partial charge in [-0.25, -0.2) is 9.97 Å². The van der Waals surface area contributed by atoms with Gasteiger partial charge in [-0.05, 0) is 100 Å². The highest BCUT2D eigenvalue weighted by Crippen LogP contribution is 2.44. The van der Waals surface area contributed by atoms with Gasteiger partial charge in [-0.2, -0.15) is 0 Å². The van der Waals surface area contributed by atoms with Crippen LogP contribution in [0.25, 0.3) is 110 Å². The Bertz CT molecular complexity index is 3160. The molecule has 54 heavy (non-hydrogen) atoms. The topological polar surface area (TPSA) is 25.8 Å². The van der Waals surface area contributed by atoms with E-state index in [0.29, 0.717) is 5.82 Å². The lowest BCUT2D eigenvalue weighted by Gasteiger charge is -2.18. The van der Waals surface area contributed by atoms with Crippen molar-refractivity contribution in [3.8, 4) is 45.0 Å². The Morgan fingerprint density at radius 3 is 1.15 bits per heavy atom. The van der Waals surface area contributed by atoms with Gasteiger partial charge in [0.15, 0.2) is 5.82 Å². The predicted molar refractivity (Wildman–Crippen MR) is 229 cm³/mol. The Morgan fingerprint density at radius 1 is 0.241 bits per heavy atom. The summed E-state index contributed by atoms with van der Waals surface area (Å²) in [7, 11) is 0. The molecular formula is C52H32N2. The van der Waals surface area contributed by atoms with Gasteiger partial charge in [0.05, 0.1) is 11.4 Å². The van der Waals surface area contributed by atoms with E-state index in [1.165, 1.54) is 70.2 Å². The van der Waals surface area contributed by atoms with E-state index in [1.54, 1.807) is 0 Å². The first kappa shape index (κ1) is 30.5. The van der Waals surface area contributed by atoms with Crippen molar-refractivity contribution in [2.24, 2.45) is 0 Å². The minimum Gasteiger partial charge on any atom is -0.228 e. The Labute approximate surface area is 312 Å². The van der Waals surface area contributed by atoms with E-state index in [0.717, 1.165) is 33.6 Å². The molecule has 11 aromatic rings. The molecule has 0 amide bonds. The Morgan fingerprint density at radius 2 is 0.630 bits per heavy atom. The maximum atomic E-state index is 5.30. The maximum absolute atomic E-state index is 5.30. The highest BCUT2D eigenvalue weighted by atomic mass is 14.9. The first-order valence-electron chi connectivity index (χ1n) is 18.5. The van der Waals surface area contributed by atoms with Crippen molar-refractivity contribution in [1.82, 2.24) is 9.97 Å². The molecule has 0 atom stereocenters. The van der Waals surface area contributed by atoms with Crippen molar-refractivity contribution < 1.29 is 0 Å². The first-order chi connectivity index (χ1) is 26.8. The van der Waals surface area contributed by atoms with Crippen molar-refractivity contribution >= 4 is 64.6 Å². The van der Waals surface area contributed by atoms with Crippen LogP contribution < -0.4 is 0 Å². The van der Waals surface area contributed by atoms with Gasteiger partial charge in [-0.1, -0.05) is 170 Å². The zero-order valence-corrected chi connectivity index (χ0v) is 29.4. The van der Waals surface area contributed by atoms with Crippen LogP contribution in [-0.2, 0) is 0 Å². The second kappa shape index (κ2) is 12.2. The molecule has 1 aromatic heterocycles. The molecule has 0 spiro atoms. The molecule has 0 aliphatic heterocycles. The SMILES string of the molecule is c1ccc(-c2cc(-c3ccccc3)nc(-c3cc(-c4ccc5c6ccccc6c6ccccc6c5c4)c4c5ccccc5c5ccccc5c4c3)n2)cc1. The number of aromatic nitrogens is 2. The molecular weight excluding hydrogens is 653 g/mol. The predicted octanol–water partition coefficient (Wildman–Crippen LogP) is 14.1. The van der Waals surface area contributed by atoms with Crippen LogP contribution in [0.3, 0.4) is 0 Å². The van der Waals surface area contributed by atoms with Crippen LogP contribution in [0.15, 0.2) is 194 Å². The van der Waals surface area contributed by atoms with Gasteiger partial charge in [0.1, 0.15) is 0 Å². The fraction of sp³-hybridized carbons (Fsp3) is 0. The summed E-state index contributed by atoms with van der Waals surface area (Å²) < 4.78 is 0. The van der Waals surface area contributed by atoms with E-state index in [-0.39, 0.29) is 0 Å². The summed E-state index contributed by atoms with van der Waals surface area (Å²) in [5.41, 5.74) is 7.23. The Kier molecular flexibility index (Phi) is 6.90. The van der Waals surface area contributed by atoms with Crippen molar-refractivity contribution in [2.45, 2.75) is 0 Å². The zero-order valence-electron chi connectivity index (χ0n) is 29.4. The molecule has 0 fully saturated rings. The summed E-state index contributed by atoms with van der Waals surface area (Å²) in [4.78, 5) is 10.6. The van der Waals surface area contributed by atoms with Gasteiger partial charge in [-0.15, -0.1) is 0 Å². The van der Waals surface area contributed by atoms with E-state index < -0.39 is 0 Å². The van der Waals surface area contributed by atoms with Crippen LogP contribution in [0.1, 0.15) is 0 Å². The molecule has 250 valence electrons. The minimum absolute atomic E-state index is 0.702. The lowest BCUT2D eigenvalue weighted by molar-refractivity contribution is 1.18. The van der Waals surface area contributed by atoms with Crippen LogP contribution in [0.2, 0.25) is 0 Å². The number of rotatable bonds is 4. The van der Waals surface area contributed by atoms with Gasteiger partial charge < -0.3 is 0 Å². The van der Waals surface area contributed by atoms with Gasteiger partial charge in [-0.3, -0.25) is 0 Å². The average Bonchev–Trinajstić information content (AvgIpc) is 3.26. The maximum Gasteiger partial charge on any atom is 0.160 e. The van der Waals surface area contributed by atoms with Gasteiger partial charge in [0.25, 0.3) is 0 Å². The van der Waals surface area contributed by atoms with Crippen LogP contribution in [0, 0.1) is 0 Å². The summed E-state index contributed by atoms with van der Waals surface area (Å²) in [5, 5.41) is 15.0. The molecule has 0 aliphatic carbocycles. The first-order valence-corrected chi connectivity index (χ1v) is 18.5. The lowest BCUT2D eigenvalue weighted by atomic mass is 9.86. The molecule has 10 aromatic carbocycles. The third-order valence-corrected chi connectivity index (χ3v) is 11.0. The molecule has 0 saturated heterocycles. The summed E-state index contributed by atoms with van der Waals surface area (Å²) in [6, 6.07) is 69.9. The number of hydrogen-bond donors (Lipinski definition) is 0. The van der Waals surface area contributed by atoms with E-state index >= 15 is 0 Å². The highest BCUT2D eigenvalue weighted by molar-refractivity contribution is 6.30. The number of benzene rings is 10. The van der Waals surface area contributed by atoms with Crippen molar-refractivity contribution in [3.63, 3.8) is 0 Å². The van der Waals surface area contributed by atoms with Crippen molar-refractivity contribution in [1.29, 1.82) is 0 Å². The Balaban J connectivity index is 1.27. The summed E-state index contributed by atoms with van der Waals surface area (Å²) in [5.74, 6) is 0.702. The second-order valence-corrected chi connectivity index (χ2v) is 14.1. The molecule has 0 bridgehead atoms. The monoisotopic (exact) mass is 684 g/mol. The summed E-state index contributed by atoms with van der Waals surface area (Å²) in [6.07, 6.45) is 0. The molecule has 1 heterocycles. The fourth-order valence-corrected chi connectivity index (χ4v) is 8.56. The number of fused-ring (bicyclic) bond motifs is 12. The van der Waals surface area contributed by atoms with Crippen LogP contribution in [-0.4, -0.2) is 9.97 Å². The normalized spacial score (nSPS) is 11.7. The zero-order chi connectivity index (χ0) is 35.6. The standard InChI is InChI=1S/C52H32N2/c1-3-15-33(16-4-1)49-32-50(34-17-5-2-6-18-34)54-52(53-49)36-30-46(51-45-26-14-13-23-41(45)40-22-10-12-25-43(40)48(51)31-36)35-27-28-44-39-21-8-7-19-37(39)38-20-9-11-24-42(38)47(44)29-35/h1-32H. The van der Waals surface area contributed by atoms with Gasteiger partial charge in [0, 0.05) is 16.7 Å². The summed E-state index contributed by atoms with van der Waals surface area (Å²) >= 11 is 0. The van der Waals surface area contributed by atoms with Crippen LogP contribution in [0.5, 0.6) is 0 Å². The Hall–Kier alpha value is -7.16. The molecule has 0 radical (unpaired) electrons. The fourth-order valence-electron chi connectivity index (χ4n) is 8.56. The lowest BCUT2D eigenvalue weighted by Crippen LogP contribution is -1.97. The third-order valence-electron chi connectivity index (χ3n) is 11.0. The van der Waals surface area contributed by atoms with E-state index in [9.17, 15) is 0 Å². The van der Waals surface area contributed by atoms with E-state index in [2.05, 4.69) is 182 Å². The third kappa shape index (κ3) is 4.81. The van der Waals surface area contributed by atoms with Crippen molar-refractivity contribution in [2.75, 3.05) is 0 Å². The van der Waals surface area contributed by atoms with E-state index in [4.69, 9.17) is 9.97 Å². The minimum atomic E-state index is 0.702. The van der Waals surface area contributed by atoms with E-state index in [1.807, 2.05) is 12.1 Å². The molecule has 0 saturated carbocycles. The molecule has 0 aliphatic rings. The van der Waals surface area contributed by atoms with Gasteiger partial charge in [0.2, 0.25) is 0 Å². The highest BCUT2D eigenvalue weighted by Gasteiger charge is 2.19. The molecule has 11 rings (SSSR count). The molecule has 2 nitrogen and oxygen atoms in total. The number of hydrogen-bond acceptors (Lipinski definition) is 2. The quantitative estimate of drug-likeness (QED) is 0.172. The van der Waals surface area contributed by atoms with Crippen molar-refractivity contribution in [3.05, 3.63) is 194 Å². The molecule has 0 N–H and O–H groups in total. The molecule has 2 heteroatoms. The summed E-state index contributed by atoms with van der Waals surface area (Å²) in [6.45, 7) is 0. The largest absolute Gasteiger partial charge is 0.228 e. The van der Waals surface area contributed by atoms with Crippen LogP contribution in [0.4, 0.5) is 0 Å². The van der Waals surface area contributed by atoms with Crippen LogP contribution >= 0.6 is 0 Å². The molecule has 0 unspecified atom stereocenters.